The van der Waals surface area contributed by atoms with Gasteiger partial charge in [-0.25, -0.2) is 4.79 Å². The summed E-state index contributed by atoms with van der Waals surface area (Å²) < 4.78 is 12.6. The van der Waals surface area contributed by atoms with Crippen molar-refractivity contribution in [2.24, 2.45) is 0 Å². The Kier molecular flexibility index (Phi) is 7.66. The van der Waals surface area contributed by atoms with Gasteiger partial charge in [-0.15, -0.1) is 0 Å². The Bertz CT molecular complexity index is 576. The molecule has 1 rings (SSSR count). The summed E-state index contributed by atoms with van der Waals surface area (Å²) in [6.45, 7) is 11.8. The molecule has 5 nitrogen and oxygen atoms in total. The third-order valence-corrected chi connectivity index (χ3v) is 4.49. The van der Waals surface area contributed by atoms with Gasteiger partial charge in [0.05, 0.1) is 32.8 Å². The average molecular weight is 367 g/mol. The van der Waals surface area contributed by atoms with Crippen LogP contribution in [-0.4, -0.2) is 60.6 Å². The van der Waals surface area contributed by atoms with Crippen molar-refractivity contribution < 1.29 is 23.9 Å². The summed E-state index contributed by atoms with van der Waals surface area (Å²) >= 11 is 0. The number of benzene rings is 1. The molecule has 26 heavy (non-hydrogen) atoms. The third kappa shape index (κ3) is 9.20. The van der Waals surface area contributed by atoms with Crippen molar-refractivity contribution in [1.29, 1.82) is 0 Å². The third-order valence-electron chi connectivity index (χ3n) is 4.49. The van der Waals surface area contributed by atoms with E-state index < -0.39 is 5.97 Å². The topological polar surface area (TPSA) is 55.8 Å². The molecule has 1 N–H and O–H groups in total. The van der Waals surface area contributed by atoms with Crippen LogP contribution in [0.15, 0.2) is 24.3 Å². The van der Waals surface area contributed by atoms with E-state index in [2.05, 4.69) is 34.6 Å². The van der Waals surface area contributed by atoms with E-state index in [1.165, 1.54) is 5.56 Å². The molecule has 0 saturated heterocycles. The fourth-order valence-corrected chi connectivity index (χ4v) is 2.64. The number of hydrogen-bond donors (Lipinski definition) is 1. The van der Waals surface area contributed by atoms with Crippen molar-refractivity contribution in [1.82, 2.24) is 0 Å². The summed E-state index contributed by atoms with van der Waals surface area (Å²) in [5, 5.41) is 8.98. The van der Waals surface area contributed by atoms with Gasteiger partial charge in [-0.05, 0) is 46.8 Å². The molecule has 0 radical (unpaired) electrons. The number of quaternary nitrogens is 1. The molecule has 5 heteroatoms. The molecular formula is C21H36NO4+. The molecule has 0 fully saturated rings. The van der Waals surface area contributed by atoms with Gasteiger partial charge >= 0.3 is 5.97 Å². The molecule has 1 aromatic carbocycles. The van der Waals surface area contributed by atoms with Gasteiger partial charge in [-0.3, -0.25) is 0 Å². The van der Waals surface area contributed by atoms with Gasteiger partial charge in [-0.2, -0.15) is 0 Å². The van der Waals surface area contributed by atoms with Gasteiger partial charge in [0.2, 0.25) is 0 Å². The van der Waals surface area contributed by atoms with E-state index in [0.717, 1.165) is 25.1 Å². The summed E-state index contributed by atoms with van der Waals surface area (Å²) in [6.07, 6.45) is 1.57. The summed E-state index contributed by atoms with van der Waals surface area (Å²) in [7, 11) is 3.87. The van der Waals surface area contributed by atoms with Crippen LogP contribution in [0.3, 0.4) is 0 Å². The maximum absolute atomic E-state index is 10.9. The van der Waals surface area contributed by atoms with Gasteiger partial charge in [-0.1, -0.05) is 17.7 Å². The lowest BCUT2D eigenvalue weighted by molar-refractivity contribution is -0.883. The van der Waals surface area contributed by atoms with Crippen LogP contribution in [-0.2, 0) is 9.53 Å². The first-order chi connectivity index (χ1) is 11.8. The number of rotatable bonds is 11. The van der Waals surface area contributed by atoms with E-state index in [-0.39, 0.29) is 17.7 Å². The molecular weight excluding hydrogens is 330 g/mol. The van der Waals surface area contributed by atoms with E-state index in [4.69, 9.17) is 14.6 Å². The largest absolute Gasteiger partial charge is 0.488 e. The number of ether oxygens (including phenoxy) is 2. The van der Waals surface area contributed by atoms with Crippen LogP contribution in [0.25, 0.3) is 0 Å². The minimum Gasteiger partial charge on any atom is -0.488 e. The predicted octanol–water partition coefficient (Wildman–Crippen LogP) is 3.89. The van der Waals surface area contributed by atoms with Crippen molar-refractivity contribution in [2.45, 2.75) is 58.7 Å². The van der Waals surface area contributed by atoms with Crippen molar-refractivity contribution >= 4 is 5.97 Å². The molecule has 0 amide bonds. The van der Waals surface area contributed by atoms with Crippen LogP contribution in [0.2, 0.25) is 0 Å². The minimum atomic E-state index is -0.774. The molecule has 0 aliphatic rings. The lowest BCUT2D eigenvalue weighted by Crippen LogP contribution is -2.47. The molecule has 0 bridgehead atoms. The number of nitrogens with zero attached hydrogens (tertiary/aromatic N) is 1. The Balaban J connectivity index is 2.43. The van der Waals surface area contributed by atoms with Crippen molar-refractivity contribution in [3.63, 3.8) is 0 Å². The number of carboxylic acid groups (broad SMARTS) is 1. The SMILES string of the molecule is Cc1ccc(OC(C)(C)CCOC(C)(C)CC[N+](C)(C)CC(=O)O)cc1. The second-order valence-corrected chi connectivity index (χ2v) is 8.99. The fraction of sp³-hybridized carbons (Fsp3) is 0.667. The van der Waals surface area contributed by atoms with Gasteiger partial charge < -0.3 is 19.1 Å². The zero-order valence-corrected chi connectivity index (χ0v) is 17.5. The molecule has 0 aromatic heterocycles. The van der Waals surface area contributed by atoms with Crippen LogP contribution in [0.1, 0.15) is 46.1 Å². The van der Waals surface area contributed by atoms with Crippen LogP contribution in [0.4, 0.5) is 0 Å². The van der Waals surface area contributed by atoms with Crippen molar-refractivity contribution in [2.75, 3.05) is 33.8 Å². The normalized spacial score (nSPS) is 12.9. The van der Waals surface area contributed by atoms with Crippen molar-refractivity contribution in [3.8, 4) is 5.75 Å². The second-order valence-electron chi connectivity index (χ2n) is 8.99. The molecule has 0 spiro atoms. The van der Waals surface area contributed by atoms with E-state index in [1.54, 1.807) is 0 Å². The second kappa shape index (κ2) is 8.87. The molecule has 0 aliphatic carbocycles. The number of aliphatic carboxylic acids is 1. The lowest BCUT2D eigenvalue weighted by Gasteiger charge is -2.34. The molecule has 0 aliphatic heterocycles. The van der Waals surface area contributed by atoms with E-state index in [9.17, 15) is 4.79 Å². The van der Waals surface area contributed by atoms with Crippen LogP contribution >= 0.6 is 0 Å². The molecule has 0 atom stereocenters. The number of hydrogen-bond acceptors (Lipinski definition) is 3. The number of carbonyl (C=O) groups is 1. The predicted molar refractivity (Wildman–Crippen MR) is 105 cm³/mol. The highest BCUT2D eigenvalue weighted by molar-refractivity contribution is 5.67. The van der Waals surface area contributed by atoms with Gasteiger partial charge in [0.1, 0.15) is 11.4 Å². The van der Waals surface area contributed by atoms with Crippen LogP contribution < -0.4 is 4.74 Å². The number of aryl methyl sites for hydroxylation is 1. The molecule has 0 unspecified atom stereocenters. The van der Waals surface area contributed by atoms with E-state index in [0.29, 0.717) is 11.1 Å². The molecule has 0 heterocycles. The van der Waals surface area contributed by atoms with Gasteiger partial charge in [0, 0.05) is 12.8 Å². The van der Waals surface area contributed by atoms with Gasteiger partial charge in [0.15, 0.2) is 6.54 Å². The Hall–Kier alpha value is -1.59. The van der Waals surface area contributed by atoms with E-state index in [1.807, 2.05) is 38.4 Å². The quantitative estimate of drug-likeness (QED) is 0.604. The Labute approximate surface area is 158 Å². The lowest BCUT2D eigenvalue weighted by atomic mass is 10.0. The molecule has 1 aromatic rings. The van der Waals surface area contributed by atoms with Crippen molar-refractivity contribution in [3.05, 3.63) is 29.8 Å². The molecule has 148 valence electrons. The van der Waals surface area contributed by atoms with Gasteiger partial charge in [0.25, 0.3) is 0 Å². The first kappa shape index (κ1) is 22.5. The van der Waals surface area contributed by atoms with Crippen LogP contribution in [0.5, 0.6) is 5.75 Å². The summed E-state index contributed by atoms with van der Waals surface area (Å²) in [5.74, 6) is 0.0938. The first-order valence-electron chi connectivity index (χ1n) is 9.24. The smallest absolute Gasteiger partial charge is 0.359 e. The standard InChI is InChI=1S/C21H35NO4/c1-17-8-10-18(11-9-17)26-21(4,5)13-15-25-20(2,3)12-14-22(6,7)16-19(23)24/h8-11H,12-16H2,1-7H3/p+1. The molecule has 0 saturated carbocycles. The Morgan fingerprint density at radius 2 is 1.62 bits per heavy atom. The highest BCUT2D eigenvalue weighted by atomic mass is 16.5. The number of carboxylic acids is 1. The summed E-state index contributed by atoms with van der Waals surface area (Å²) in [4.78, 5) is 10.9. The monoisotopic (exact) mass is 366 g/mol. The zero-order chi connectivity index (χ0) is 20.0. The fourth-order valence-electron chi connectivity index (χ4n) is 2.64. The minimum absolute atomic E-state index is 0.119. The Morgan fingerprint density at radius 3 is 2.15 bits per heavy atom. The first-order valence-corrected chi connectivity index (χ1v) is 9.24. The summed E-state index contributed by atoms with van der Waals surface area (Å²) in [6, 6.07) is 8.07. The van der Waals surface area contributed by atoms with E-state index >= 15 is 0 Å². The summed E-state index contributed by atoms with van der Waals surface area (Å²) in [5.41, 5.74) is 0.599. The Morgan fingerprint density at radius 1 is 1.04 bits per heavy atom. The maximum Gasteiger partial charge on any atom is 0.359 e. The highest BCUT2D eigenvalue weighted by Gasteiger charge is 2.27. The highest BCUT2D eigenvalue weighted by Crippen LogP contribution is 2.23. The average Bonchev–Trinajstić information content (AvgIpc) is 2.46. The number of likely N-dealkylation sites (N-methyl/N-ethyl adjacent to an activating group) is 1. The van der Waals surface area contributed by atoms with Crippen LogP contribution in [0, 0.1) is 6.92 Å². The maximum atomic E-state index is 10.9. The zero-order valence-electron chi connectivity index (χ0n) is 17.5.